The molecule has 2 aliphatic heterocycles. The van der Waals surface area contributed by atoms with Gasteiger partial charge < -0.3 is 19.9 Å². The highest BCUT2D eigenvalue weighted by Crippen LogP contribution is 2.52. The van der Waals surface area contributed by atoms with Gasteiger partial charge in [-0.1, -0.05) is 20.8 Å². The number of imidazole rings is 1. The molecule has 2 aliphatic rings. The number of rotatable bonds is 3. The topological polar surface area (TPSA) is 117 Å². The summed E-state index contributed by atoms with van der Waals surface area (Å²) in [6, 6.07) is 0. The Bertz CT molecular complexity index is 954. The number of hydrogen-bond donors (Lipinski definition) is 2. The molecule has 3 N–H and O–H groups in total. The SMILES string of the molecule is CC(C)(C)C[C@]12COC(C1OC(C)(C)C)[C@H](n1cnc3c(=O)[nH]c(N)nc31)O2. The number of nitrogens with zero attached hydrogens (tertiary/aromatic N) is 3. The highest BCUT2D eigenvalue weighted by molar-refractivity contribution is 5.70. The van der Waals surface area contributed by atoms with Crippen LogP contribution in [0.15, 0.2) is 11.1 Å². The van der Waals surface area contributed by atoms with Crippen LogP contribution in [-0.2, 0) is 14.2 Å². The van der Waals surface area contributed by atoms with E-state index in [1.54, 1.807) is 10.9 Å². The largest absolute Gasteiger partial charge is 0.369 e. The summed E-state index contributed by atoms with van der Waals surface area (Å²) in [6.07, 6.45) is 1.26. The van der Waals surface area contributed by atoms with E-state index in [1.165, 1.54) is 0 Å². The van der Waals surface area contributed by atoms with Gasteiger partial charge in [0.1, 0.15) is 17.8 Å². The summed E-state index contributed by atoms with van der Waals surface area (Å²) in [6.45, 7) is 13.1. The van der Waals surface area contributed by atoms with Gasteiger partial charge in [0.15, 0.2) is 17.4 Å². The van der Waals surface area contributed by atoms with Crippen LogP contribution in [-0.4, -0.2) is 49.5 Å². The molecule has 9 heteroatoms. The van der Waals surface area contributed by atoms with Gasteiger partial charge in [0.05, 0.1) is 18.5 Å². The summed E-state index contributed by atoms with van der Waals surface area (Å²) in [4.78, 5) is 23.1. The molecule has 2 unspecified atom stereocenters. The van der Waals surface area contributed by atoms with Gasteiger partial charge in [-0.25, -0.2) is 4.98 Å². The quantitative estimate of drug-likeness (QED) is 0.821. The monoisotopic (exact) mass is 391 g/mol. The Morgan fingerprint density at radius 1 is 1.36 bits per heavy atom. The summed E-state index contributed by atoms with van der Waals surface area (Å²) in [7, 11) is 0. The Morgan fingerprint density at radius 3 is 2.71 bits per heavy atom. The Hall–Kier alpha value is -1.97. The lowest BCUT2D eigenvalue weighted by Gasteiger charge is -2.38. The van der Waals surface area contributed by atoms with Gasteiger partial charge in [-0.15, -0.1) is 0 Å². The molecule has 28 heavy (non-hydrogen) atoms. The molecule has 0 aromatic carbocycles. The molecule has 0 aliphatic carbocycles. The van der Waals surface area contributed by atoms with Crippen molar-refractivity contribution in [1.29, 1.82) is 0 Å². The number of H-pyrrole nitrogens is 1. The third kappa shape index (κ3) is 3.21. The summed E-state index contributed by atoms with van der Waals surface area (Å²) in [5.41, 5.74) is 5.05. The van der Waals surface area contributed by atoms with Crippen LogP contribution in [0.5, 0.6) is 0 Å². The van der Waals surface area contributed by atoms with Gasteiger partial charge >= 0.3 is 0 Å². The van der Waals surface area contributed by atoms with Crippen molar-refractivity contribution >= 4 is 17.1 Å². The van der Waals surface area contributed by atoms with Gasteiger partial charge in [0.25, 0.3) is 5.56 Å². The standard InChI is InChI=1S/C19H29N5O4/c1-17(2,3)7-19-8-26-11(12(19)27-18(4,5)6)15(28-19)24-9-21-10-13(24)22-16(20)23-14(10)25/h9,11-12,15H,7-8H2,1-6H3,(H3,20,22,23,25)/t11?,12?,15-,19+/m1/s1. The first kappa shape index (κ1) is 19.4. The molecule has 2 aromatic heterocycles. The molecule has 4 atom stereocenters. The number of ether oxygens (including phenoxy) is 3. The molecule has 154 valence electrons. The zero-order valence-corrected chi connectivity index (χ0v) is 17.3. The van der Waals surface area contributed by atoms with Crippen LogP contribution in [0.1, 0.15) is 54.2 Å². The number of nitrogens with two attached hydrogens (primary N) is 1. The van der Waals surface area contributed by atoms with Gasteiger partial charge in [-0.2, -0.15) is 4.98 Å². The second-order valence-corrected chi connectivity index (χ2v) is 10.0. The third-order valence-electron chi connectivity index (χ3n) is 5.01. The fraction of sp³-hybridized carbons (Fsp3) is 0.737. The lowest BCUT2D eigenvalue weighted by molar-refractivity contribution is -0.187. The average Bonchev–Trinajstić information content (AvgIpc) is 3.14. The zero-order chi connectivity index (χ0) is 20.5. The molecule has 9 nitrogen and oxygen atoms in total. The minimum atomic E-state index is -0.579. The maximum Gasteiger partial charge on any atom is 0.280 e. The van der Waals surface area contributed by atoms with E-state index in [0.717, 1.165) is 6.42 Å². The van der Waals surface area contributed by atoms with E-state index in [1.807, 2.05) is 20.8 Å². The minimum absolute atomic E-state index is 0.0173. The van der Waals surface area contributed by atoms with Crippen molar-refractivity contribution in [3.8, 4) is 0 Å². The van der Waals surface area contributed by atoms with Crippen LogP contribution in [0.2, 0.25) is 0 Å². The first-order valence-corrected chi connectivity index (χ1v) is 9.58. The van der Waals surface area contributed by atoms with Crippen LogP contribution in [0.4, 0.5) is 5.95 Å². The molecule has 2 saturated heterocycles. The molecule has 0 saturated carbocycles. The lowest BCUT2D eigenvalue weighted by Crippen LogP contribution is -2.47. The number of hydrogen-bond acceptors (Lipinski definition) is 7. The highest BCUT2D eigenvalue weighted by atomic mass is 16.7. The number of aromatic amines is 1. The van der Waals surface area contributed by atoms with E-state index < -0.39 is 11.8 Å². The van der Waals surface area contributed by atoms with E-state index in [0.29, 0.717) is 12.3 Å². The van der Waals surface area contributed by atoms with Crippen LogP contribution in [0.3, 0.4) is 0 Å². The van der Waals surface area contributed by atoms with E-state index in [-0.39, 0.29) is 40.2 Å². The van der Waals surface area contributed by atoms with Crippen LogP contribution in [0.25, 0.3) is 11.2 Å². The smallest absolute Gasteiger partial charge is 0.280 e. The minimum Gasteiger partial charge on any atom is -0.369 e. The molecule has 0 amide bonds. The van der Waals surface area contributed by atoms with Crippen molar-refractivity contribution in [3.05, 3.63) is 16.7 Å². The number of fused-ring (bicyclic) bond motifs is 3. The molecule has 2 fully saturated rings. The van der Waals surface area contributed by atoms with Gasteiger partial charge in [0.2, 0.25) is 5.95 Å². The number of nitrogen functional groups attached to an aromatic ring is 1. The summed E-state index contributed by atoms with van der Waals surface area (Å²) >= 11 is 0. The first-order chi connectivity index (χ1) is 12.9. The van der Waals surface area contributed by atoms with Crippen molar-refractivity contribution in [3.63, 3.8) is 0 Å². The van der Waals surface area contributed by atoms with Crippen molar-refractivity contribution < 1.29 is 14.2 Å². The van der Waals surface area contributed by atoms with Crippen molar-refractivity contribution in [1.82, 2.24) is 19.5 Å². The van der Waals surface area contributed by atoms with Crippen molar-refractivity contribution in [2.75, 3.05) is 12.3 Å². The maximum atomic E-state index is 12.1. The Labute approximate surface area is 163 Å². The lowest BCUT2D eigenvalue weighted by atomic mass is 9.80. The highest BCUT2D eigenvalue weighted by Gasteiger charge is 2.64. The van der Waals surface area contributed by atoms with Gasteiger partial charge in [0, 0.05) is 0 Å². The van der Waals surface area contributed by atoms with Crippen LogP contribution >= 0.6 is 0 Å². The van der Waals surface area contributed by atoms with E-state index in [4.69, 9.17) is 19.9 Å². The van der Waals surface area contributed by atoms with Gasteiger partial charge in [-0.05, 0) is 32.6 Å². The second-order valence-electron chi connectivity index (χ2n) is 10.0. The van der Waals surface area contributed by atoms with E-state index in [9.17, 15) is 4.79 Å². The van der Waals surface area contributed by atoms with Gasteiger partial charge in [-0.3, -0.25) is 14.3 Å². The fourth-order valence-electron chi connectivity index (χ4n) is 4.34. The average molecular weight is 391 g/mol. The van der Waals surface area contributed by atoms with Crippen molar-refractivity contribution in [2.24, 2.45) is 5.41 Å². The molecule has 4 rings (SSSR count). The molecule has 2 bridgehead atoms. The number of aromatic nitrogens is 4. The van der Waals surface area contributed by atoms with Crippen molar-refractivity contribution in [2.45, 2.75) is 77.6 Å². The molecule has 2 aromatic rings. The Kier molecular flexibility index (Phi) is 4.16. The molecule has 4 heterocycles. The predicted molar refractivity (Wildman–Crippen MR) is 104 cm³/mol. The summed E-state index contributed by atoms with van der Waals surface area (Å²) in [5, 5.41) is 0. The molecule has 0 spiro atoms. The normalized spacial score (nSPS) is 30.4. The molecular formula is C19H29N5O4. The van der Waals surface area contributed by atoms with E-state index >= 15 is 0 Å². The van der Waals surface area contributed by atoms with Crippen LogP contribution in [0, 0.1) is 5.41 Å². The molecular weight excluding hydrogens is 362 g/mol. The van der Waals surface area contributed by atoms with Crippen LogP contribution < -0.4 is 11.3 Å². The Balaban J connectivity index is 1.78. The maximum absolute atomic E-state index is 12.1. The first-order valence-electron chi connectivity index (χ1n) is 9.58. The fourth-order valence-corrected chi connectivity index (χ4v) is 4.34. The predicted octanol–water partition coefficient (Wildman–Crippen LogP) is 1.99. The number of anilines is 1. The summed E-state index contributed by atoms with van der Waals surface area (Å²) in [5.74, 6) is 0.0372. The third-order valence-corrected chi connectivity index (χ3v) is 5.01. The van der Waals surface area contributed by atoms with E-state index in [2.05, 4.69) is 35.7 Å². The number of nitrogens with one attached hydrogen (secondary N) is 1. The Morgan fingerprint density at radius 2 is 2.07 bits per heavy atom. The summed E-state index contributed by atoms with van der Waals surface area (Å²) < 4.78 is 20.9. The second kappa shape index (κ2) is 6.01. The zero-order valence-electron chi connectivity index (χ0n) is 17.3. The molecule has 0 radical (unpaired) electrons.